The van der Waals surface area contributed by atoms with Gasteiger partial charge in [-0.15, -0.1) is 0 Å². The third-order valence-electron chi connectivity index (χ3n) is 10.8. The van der Waals surface area contributed by atoms with E-state index >= 15 is 0 Å². The molecule has 11 rings (SSSR count). The fraction of sp³-hybridized carbons (Fsp3) is 0. The van der Waals surface area contributed by atoms with Gasteiger partial charge in [-0.1, -0.05) is 97.1 Å². The molecule has 0 aliphatic carbocycles. The van der Waals surface area contributed by atoms with Gasteiger partial charge in [0.25, 0.3) is 23.6 Å². The van der Waals surface area contributed by atoms with Crippen molar-refractivity contribution in [2.45, 2.75) is 0 Å². The summed E-state index contributed by atoms with van der Waals surface area (Å²) in [5.41, 5.74) is 6.00. The Labute approximate surface area is 307 Å². The summed E-state index contributed by atoms with van der Waals surface area (Å²) in [7, 11) is 0. The number of para-hydroxylation sites is 6. The van der Waals surface area contributed by atoms with Gasteiger partial charge in [-0.2, -0.15) is 0 Å². The molecule has 0 bridgehead atoms. The molecule has 2 aromatic heterocycles. The largest absolute Gasteiger partial charge is 0.308 e. The fourth-order valence-electron chi connectivity index (χ4n) is 8.55. The summed E-state index contributed by atoms with van der Waals surface area (Å²) in [6.07, 6.45) is 0. The second kappa shape index (κ2) is 11.0. The molecule has 7 aromatic carbocycles. The monoisotopic (exact) mass is 698 g/mol. The van der Waals surface area contributed by atoms with Gasteiger partial charge >= 0.3 is 0 Å². The Bertz CT molecular complexity index is 2850. The van der Waals surface area contributed by atoms with Crippen molar-refractivity contribution in [2.75, 3.05) is 9.80 Å². The van der Waals surface area contributed by atoms with E-state index in [0.717, 1.165) is 53.4 Å². The molecule has 254 valence electrons. The van der Waals surface area contributed by atoms with Crippen LogP contribution in [0.25, 0.3) is 55.0 Å². The molecule has 0 radical (unpaired) electrons. The maximum atomic E-state index is 14.7. The lowest BCUT2D eigenvalue weighted by Crippen LogP contribution is -2.35. The predicted octanol–water partition coefficient (Wildman–Crippen LogP) is 9.48. The Balaban J connectivity index is 1.05. The van der Waals surface area contributed by atoms with Crippen LogP contribution in [0.3, 0.4) is 0 Å². The van der Waals surface area contributed by atoms with Crippen LogP contribution in [0.4, 0.5) is 11.4 Å². The highest BCUT2D eigenvalue weighted by Crippen LogP contribution is 2.43. The van der Waals surface area contributed by atoms with Crippen LogP contribution in [0.2, 0.25) is 0 Å². The van der Waals surface area contributed by atoms with Crippen molar-refractivity contribution in [2.24, 2.45) is 0 Å². The molecule has 0 saturated heterocycles. The highest BCUT2D eigenvalue weighted by Gasteiger charge is 2.44. The lowest BCUT2D eigenvalue weighted by molar-refractivity contribution is 0.0904. The van der Waals surface area contributed by atoms with Gasteiger partial charge in [-0.05, 0) is 60.7 Å². The van der Waals surface area contributed by atoms with Crippen molar-refractivity contribution < 1.29 is 19.2 Å². The maximum Gasteiger partial charge on any atom is 0.268 e. The van der Waals surface area contributed by atoms with E-state index in [9.17, 15) is 19.2 Å². The van der Waals surface area contributed by atoms with Gasteiger partial charge in [0.2, 0.25) is 0 Å². The molecule has 4 amide bonds. The number of rotatable bonds is 4. The van der Waals surface area contributed by atoms with Crippen LogP contribution in [0.15, 0.2) is 158 Å². The molecule has 0 saturated carbocycles. The maximum absolute atomic E-state index is 14.7. The van der Waals surface area contributed by atoms with Crippen LogP contribution in [0.5, 0.6) is 0 Å². The first-order valence-corrected chi connectivity index (χ1v) is 17.6. The first-order valence-electron chi connectivity index (χ1n) is 17.6. The molecule has 0 spiro atoms. The van der Waals surface area contributed by atoms with Gasteiger partial charge < -0.3 is 9.13 Å². The van der Waals surface area contributed by atoms with Gasteiger partial charge in [-0.25, -0.2) is 9.80 Å². The normalized spacial score (nSPS) is 14.0. The summed E-state index contributed by atoms with van der Waals surface area (Å²) < 4.78 is 4.04. The van der Waals surface area contributed by atoms with Crippen molar-refractivity contribution in [1.82, 2.24) is 9.13 Å². The minimum Gasteiger partial charge on any atom is -0.308 e. The number of benzene rings is 7. The van der Waals surface area contributed by atoms with Crippen LogP contribution in [-0.2, 0) is 0 Å². The molecular formula is C46H26N4O4. The Kier molecular flexibility index (Phi) is 6.11. The Morgan fingerprint density at radius 2 is 0.574 bits per heavy atom. The molecule has 2 aliphatic rings. The third kappa shape index (κ3) is 3.85. The molecule has 0 N–H and O–H groups in total. The number of imide groups is 2. The number of aromatic nitrogens is 2. The number of carbonyl (C=O) groups is 4. The Hall–Kier alpha value is -7.58. The minimum atomic E-state index is -0.539. The van der Waals surface area contributed by atoms with Crippen LogP contribution in [0.1, 0.15) is 41.4 Å². The second-order valence-electron chi connectivity index (χ2n) is 13.5. The first-order chi connectivity index (χ1) is 26.5. The van der Waals surface area contributed by atoms with Gasteiger partial charge in [0, 0.05) is 21.5 Å². The highest BCUT2D eigenvalue weighted by molar-refractivity contribution is 6.40. The molecule has 2 aliphatic heterocycles. The van der Waals surface area contributed by atoms with Crippen molar-refractivity contribution in [3.05, 3.63) is 180 Å². The molecule has 4 heterocycles. The molecular weight excluding hydrogens is 673 g/mol. The smallest absolute Gasteiger partial charge is 0.268 e. The van der Waals surface area contributed by atoms with E-state index in [1.54, 1.807) is 48.5 Å². The van der Waals surface area contributed by atoms with Gasteiger partial charge in [0.05, 0.1) is 67.1 Å². The standard InChI is InChI=1S/C46H26N4O4/c51-43-31-17-11-25-39(47-33-19-5-1-13-27(33)28-14-2-6-20-34(28)47)41(31)45(53)49(43)37-23-9-10-24-38(37)50-44(52)32-18-12-26-40(42(32)46(50)54)48-35-21-7-3-15-29(35)30-16-4-8-22-36(30)48/h1-26H. The second-order valence-corrected chi connectivity index (χ2v) is 13.5. The summed E-state index contributed by atoms with van der Waals surface area (Å²) in [5, 5.41) is 4.09. The molecule has 0 atom stereocenters. The van der Waals surface area contributed by atoms with E-state index in [0.29, 0.717) is 11.4 Å². The number of nitrogens with zero attached hydrogens (tertiary/aromatic N) is 4. The van der Waals surface area contributed by atoms with Gasteiger partial charge in [0.15, 0.2) is 0 Å². The molecule has 0 unspecified atom stereocenters. The summed E-state index contributed by atoms with van der Waals surface area (Å²) in [4.78, 5) is 60.3. The van der Waals surface area contributed by atoms with Crippen LogP contribution >= 0.6 is 0 Å². The van der Waals surface area contributed by atoms with E-state index in [4.69, 9.17) is 0 Å². The van der Waals surface area contributed by atoms with Crippen LogP contribution < -0.4 is 9.80 Å². The van der Waals surface area contributed by atoms with E-state index in [-0.39, 0.29) is 33.6 Å². The topological polar surface area (TPSA) is 84.6 Å². The number of carbonyl (C=O) groups excluding carboxylic acids is 4. The number of hydrogen-bond donors (Lipinski definition) is 0. The molecule has 0 fully saturated rings. The van der Waals surface area contributed by atoms with Crippen molar-refractivity contribution in [3.8, 4) is 11.4 Å². The number of amides is 4. The quantitative estimate of drug-likeness (QED) is 0.172. The average Bonchev–Trinajstić information content (AvgIpc) is 3.89. The lowest BCUT2D eigenvalue weighted by atomic mass is 10.1. The zero-order valence-corrected chi connectivity index (χ0v) is 28.4. The first kappa shape index (κ1) is 30.1. The van der Waals surface area contributed by atoms with Crippen molar-refractivity contribution >= 4 is 78.6 Å². The molecule has 8 heteroatoms. The lowest BCUT2D eigenvalue weighted by Gasteiger charge is -2.23. The molecule has 54 heavy (non-hydrogen) atoms. The predicted molar refractivity (Wildman–Crippen MR) is 210 cm³/mol. The van der Waals surface area contributed by atoms with E-state index in [2.05, 4.69) is 0 Å². The van der Waals surface area contributed by atoms with Crippen LogP contribution in [0, 0.1) is 0 Å². The summed E-state index contributed by atoms with van der Waals surface area (Å²) in [5.74, 6) is -2.15. The van der Waals surface area contributed by atoms with E-state index in [1.165, 1.54) is 0 Å². The van der Waals surface area contributed by atoms with E-state index < -0.39 is 23.6 Å². The summed E-state index contributed by atoms with van der Waals surface area (Å²) in [6, 6.07) is 49.0. The van der Waals surface area contributed by atoms with E-state index in [1.807, 2.05) is 118 Å². The zero-order chi connectivity index (χ0) is 36.2. The minimum absolute atomic E-state index is 0.143. The number of hydrogen-bond acceptors (Lipinski definition) is 4. The fourth-order valence-corrected chi connectivity index (χ4v) is 8.55. The Morgan fingerprint density at radius 3 is 0.926 bits per heavy atom. The zero-order valence-electron chi connectivity index (χ0n) is 28.4. The van der Waals surface area contributed by atoms with Gasteiger partial charge in [0.1, 0.15) is 0 Å². The Morgan fingerprint density at radius 1 is 0.278 bits per heavy atom. The summed E-state index contributed by atoms with van der Waals surface area (Å²) in [6.45, 7) is 0. The highest BCUT2D eigenvalue weighted by atomic mass is 16.2. The molecule has 8 nitrogen and oxygen atoms in total. The summed E-state index contributed by atoms with van der Waals surface area (Å²) >= 11 is 0. The number of anilines is 2. The van der Waals surface area contributed by atoms with Crippen molar-refractivity contribution in [1.29, 1.82) is 0 Å². The van der Waals surface area contributed by atoms with Gasteiger partial charge in [-0.3, -0.25) is 19.2 Å². The van der Waals surface area contributed by atoms with Crippen molar-refractivity contribution in [3.63, 3.8) is 0 Å². The molecule has 9 aromatic rings. The van der Waals surface area contributed by atoms with Crippen LogP contribution in [-0.4, -0.2) is 32.8 Å². The number of fused-ring (bicyclic) bond motifs is 8. The third-order valence-corrected chi connectivity index (χ3v) is 10.8. The average molecular weight is 699 g/mol. The SMILES string of the molecule is O=C1c2cccc(-n3c4ccccc4c4ccccc43)c2C(=O)N1c1ccccc1N1C(=O)c2cccc(-n3c4ccccc4c4ccccc43)c2C1=O.